The van der Waals surface area contributed by atoms with Gasteiger partial charge in [0.15, 0.2) is 0 Å². The second kappa shape index (κ2) is 10.1. The summed E-state index contributed by atoms with van der Waals surface area (Å²) in [5, 5.41) is 12.8. The lowest BCUT2D eigenvalue weighted by Gasteiger charge is -2.22. The summed E-state index contributed by atoms with van der Waals surface area (Å²) in [7, 11) is 2.19. The average Bonchev–Trinajstić information content (AvgIpc) is 2.50. The lowest BCUT2D eigenvalue weighted by Crippen LogP contribution is -2.48. The van der Waals surface area contributed by atoms with Crippen LogP contribution in [0.4, 0.5) is 4.79 Å². The van der Waals surface area contributed by atoms with Crippen LogP contribution in [0.1, 0.15) is 52.9 Å². The molecule has 0 atom stereocenters. The molecule has 2 N–H and O–H groups in total. The van der Waals surface area contributed by atoms with Crippen LogP contribution in [0, 0.1) is 0 Å². The van der Waals surface area contributed by atoms with Crippen molar-refractivity contribution in [2.45, 2.75) is 64.1 Å². The molecule has 0 aromatic carbocycles. The molecule has 0 aliphatic rings. The van der Waals surface area contributed by atoms with E-state index in [0.717, 1.165) is 20.6 Å². The van der Waals surface area contributed by atoms with Crippen molar-refractivity contribution in [1.82, 2.24) is 5.32 Å². The molecule has 0 spiro atoms. The summed E-state index contributed by atoms with van der Waals surface area (Å²) in [6.07, 6.45) is 2.04. The van der Waals surface area contributed by atoms with Crippen molar-refractivity contribution in [1.29, 1.82) is 0 Å². The number of hydrogen-bond acceptors (Lipinski definition) is 7. The van der Waals surface area contributed by atoms with Gasteiger partial charge in [0.1, 0.15) is 5.60 Å². The van der Waals surface area contributed by atoms with E-state index in [1.807, 2.05) is 0 Å². The van der Waals surface area contributed by atoms with Gasteiger partial charge in [0.05, 0.1) is 14.2 Å². The Labute approximate surface area is 142 Å². The summed E-state index contributed by atoms with van der Waals surface area (Å²) in [5.74, 6) is -2.05. The minimum atomic E-state index is -2.27. The number of esters is 2. The predicted octanol–water partition coefficient (Wildman–Crippen LogP) is 1.54. The van der Waals surface area contributed by atoms with Gasteiger partial charge >= 0.3 is 18.0 Å². The highest BCUT2D eigenvalue weighted by atomic mass is 16.6. The van der Waals surface area contributed by atoms with Crippen molar-refractivity contribution in [2.75, 3.05) is 20.8 Å². The average molecular weight is 347 g/mol. The van der Waals surface area contributed by atoms with E-state index in [-0.39, 0.29) is 6.42 Å². The van der Waals surface area contributed by atoms with Gasteiger partial charge in [-0.2, -0.15) is 0 Å². The Bertz CT molecular complexity index is 413. The van der Waals surface area contributed by atoms with Crippen molar-refractivity contribution in [3.05, 3.63) is 0 Å². The van der Waals surface area contributed by atoms with Crippen molar-refractivity contribution in [3.8, 4) is 0 Å². The molecule has 1 amide bonds. The van der Waals surface area contributed by atoms with Crippen molar-refractivity contribution >= 4 is 18.0 Å². The Hall–Kier alpha value is -1.83. The molecule has 0 bridgehead atoms. The Balaban J connectivity index is 4.01. The van der Waals surface area contributed by atoms with Crippen LogP contribution >= 0.6 is 0 Å². The smallest absolute Gasteiger partial charge is 0.407 e. The number of rotatable bonds is 9. The molecule has 24 heavy (non-hydrogen) atoms. The fourth-order valence-electron chi connectivity index (χ4n) is 1.99. The van der Waals surface area contributed by atoms with Gasteiger partial charge in [-0.3, -0.25) is 0 Å². The van der Waals surface area contributed by atoms with E-state index in [4.69, 9.17) is 4.74 Å². The van der Waals surface area contributed by atoms with Crippen LogP contribution in [-0.2, 0) is 23.8 Å². The van der Waals surface area contributed by atoms with E-state index >= 15 is 0 Å². The van der Waals surface area contributed by atoms with Gasteiger partial charge in [-0.25, -0.2) is 14.4 Å². The fourth-order valence-corrected chi connectivity index (χ4v) is 1.99. The van der Waals surface area contributed by atoms with Gasteiger partial charge in [0, 0.05) is 6.54 Å². The molecule has 0 aromatic heterocycles. The first-order valence-electron chi connectivity index (χ1n) is 7.93. The summed E-state index contributed by atoms with van der Waals surface area (Å²) in [5.41, 5.74) is -2.80. The molecule has 0 fully saturated rings. The Morgan fingerprint density at radius 1 is 0.917 bits per heavy atom. The largest absolute Gasteiger partial charge is 0.466 e. The number of methoxy groups -OCH3 is 2. The van der Waals surface area contributed by atoms with E-state index in [0.29, 0.717) is 25.8 Å². The van der Waals surface area contributed by atoms with Crippen molar-refractivity contribution in [2.24, 2.45) is 0 Å². The molecule has 0 aliphatic carbocycles. The number of unbranched alkanes of at least 4 members (excludes halogenated alkanes) is 3. The van der Waals surface area contributed by atoms with Crippen LogP contribution in [0.25, 0.3) is 0 Å². The maximum absolute atomic E-state index is 11.6. The lowest BCUT2D eigenvalue weighted by atomic mass is 9.96. The first kappa shape index (κ1) is 22.2. The molecule has 0 rings (SSSR count). The summed E-state index contributed by atoms with van der Waals surface area (Å²) in [6, 6.07) is 0. The number of amides is 1. The second-order valence-corrected chi connectivity index (χ2v) is 6.44. The minimum Gasteiger partial charge on any atom is -0.466 e. The van der Waals surface area contributed by atoms with Crippen LogP contribution in [0.15, 0.2) is 0 Å². The third-order valence-electron chi connectivity index (χ3n) is 3.18. The maximum Gasteiger partial charge on any atom is 0.407 e. The molecule has 0 unspecified atom stereocenters. The number of carbonyl (C=O) groups excluding carboxylic acids is 3. The van der Waals surface area contributed by atoms with E-state index < -0.39 is 29.2 Å². The molecule has 8 nitrogen and oxygen atoms in total. The first-order valence-corrected chi connectivity index (χ1v) is 7.93. The third kappa shape index (κ3) is 8.14. The Morgan fingerprint density at radius 3 is 1.88 bits per heavy atom. The molecule has 0 radical (unpaired) electrons. The number of carbonyl (C=O) groups is 3. The topological polar surface area (TPSA) is 111 Å². The molecule has 0 saturated heterocycles. The summed E-state index contributed by atoms with van der Waals surface area (Å²) < 4.78 is 14.0. The molecule has 0 saturated carbocycles. The molecule has 140 valence electrons. The number of hydrogen-bond donors (Lipinski definition) is 2. The SMILES string of the molecule is COC(=O)C(O)(CCCCCCNC(=O)OC(C)(C)C)C(=O)OC. The van der Waals surface area contributed by atoms with Gasteiger partial charge in [-0.05, 0) is 40.0 Å². The highest BCUT2D eigenvalue weighted by Crippen LogP contribution is 2.19. The second-order valence-electron chi connectivity index (χ2n) is 6.44. The lowest BCUT2D eigenvalue weighted by molar-refractivity contribution is -0.181. The monoisotopic (exact) mass is 347 g/mol. The zero-order valence-electron chi connectivity index (χ0n) is 15.1. The van der Waals surface area contributed by atoms with Crippen LogP contribution in [0.5, 0.6) is 0 Å². The van der Waals surface area contributed by atoms with Gasteiger partial charge in [-0.15, -0.1) is 0 Å². The highest BCUT2D eigenvalue weighted by molar-refractivity contribution is 6.03. The summed E-state index contributed by atoms with van der Waals surface area (Å²) in [6.45, 7) is 5.83. The van der Waals surface area contributed by atoms with Gasteiger partial charge in [0.2, 0.25) is 0 Å². The predicted molar refractivity (Wildman–Crippen MR) is 86.3 cm³/mol. The quantitative estimate of drug-likeness (QED) is 0.282. The molecular weight excluding hydrogens is 318 g/mol. The molecule has 0 heterocycles. The van der Waals surface area contributed by atoms with Crippen LogP contribution in [0.3, 0.4) is 0 Å². The van der Waals surface area contributed by atoms with E-state index in [1.54, 1.807) is 20.8 Å². The van der Waals surface area contributed by atoms with Crippen LogP contribution in [-0.4, -0.2) is 55.1 Å². The van der Waals surface area contributed by atoms with E-state index in [9.17, 15) is 19.5 Å². The van der Waals surface area contributed by atoms with E-state index in [1.165, 1.54) is 0 Å². The van der Waals surface area contributed by atoms with E-state index in [2.05, 4.69) is 14.8 Å². The van der Waals surface area contributed by atoms with Crippen molar-refractivity contribution in [3.63, 3.8) is 0 Å². The van der Waals surface area contributed by atoms with Crippen LogP contribution < -0.4 is 5.32 Å². The molecule has 0 aliphatic heterocycles. The summed E-state index contributed by atoms with van der Waals surface area (Å²) in [4.78, 5) is 34.5. The minimum absolute atomic E-state index is 0.0775. The van der Waals surface area contributed by atoms with Crippen molar-refractivity contribution < 1.29 is 33.7 Å². The number of alkyl carbamates (subject to hydrolysis) is 1. The molecule has 0 aromatic rings. The normalized spacial score (nSPS) is 11.6. The standard InChI is InChI=1S/C16H29NO7/c1-15(2,3)24-14(20)17-11-9-7-6-8-10-16(21,12(18)22-4)13(19)23-5/h21H,6-11H2,1-5H3,(H,17,20). The zero-order chi connectivity index (χ0) is 18.8. The zero-order valence-corrected chi connectivity index (χ0v) is 15.1. The van der Waals surface area contributed by atoms with Gasteiger partial charge < -0.3 is 24.6 Å². The molecule has 8 heteroatoms. The van der Waals surface area contributed by atoms with Crippen LogP contribution in [0.2, 0.25) is 0 Å². The van der Waals surface area contributed by atoms with Gasteiger partial charge in [-0.1, -0.05) is 12.8 Å². The Morgan fingerprint density at radius 2 is 1.42 bits per heavy atom. The number of ether oxygens (including phenoxy) is 3. The highest BCUT2D eigenvalue weighted by Gasteiger charge is 2.45. The number of aliphatic hydroxyl groups is 1. The maximum atomic E-state index is 11.6. The van der Waals surface area contributed by atoms with Gasteiger partial charge in [0.25, 0.3) is 5.60 Å². The first-order chi connectivity index (χ1) is 11.1. The third-order valence-corrected chi connectivity index (χ3v) is 3.18. The number of nitrogens with one attached hydrogen (secondary N) is 1. The fraction of sp³-hybridized carbons (Fsp3) is 0.812. The molecular formula is C16H29NO7. The Kier molecular flexibility index (Phi) is 9.35. The summed E-state index contributed by atoms with van der Waals surface area (Å²) >= 11 is 0.